The van der Waals surface area contributed by atoms with Crippen LogP contribution in [0.15, 0.2) is 42.5 Å². The smallest absolute Gasteiger partial charge is 0.269 e. The first-order chi connectivity index (χ1) is 14.2. The van der Waals surface area contributed by atoms with Gasteiger partial charge < -0.3 is 15.5 Å². The fourth-order valence-electron chi connectivity index (χ4n) is 3.58. The zero-order chi connectivity index (χ0) is 20.1. The molecule has 29 heavy (non-hydrogen) atoms. The number of nitrogens with zero attached hydrogens (tertiary/aromatic N) is 4. The summed E-state index contributed by atoms with van der Waals surface area (Å²) in [6.07, 6.45) is 3.71. The molecule has 4 rings (SSSR count). The van der Waals surface area contributed by atoms with Gasteiger partial charge in [0.2, 0.25) is 0 Å². The summed E-state index contributed by atoms with van der Waals surface area (Å²) < 4.78 is 0. The second kappa shape index (κ2) is 8.86. The number of rotatable bonds is 6. The van der Waals surface area contributed by atoms with Gasteiger partial charge in [-0.3, -0.25) is 4.79 Å². The van der Waals surface area contributed by atoms with Crippen molar-refractivity contribution in [3.8, 4) is 0 Å². The molecule has 7 nitrogen and oxygen atoms in total. The van der Waals surface area contributed by atoms with E-state index in [-0.39, 0.29) is 5.91 Å². The molecule has 0 saturated carbocycles. The summed E-state index contributed by atoms with van der Waals surface area (Å²) in [5.41, 5.74) is 1.24. The molecule has 0 bridgehead atoms. The molecule has 1 aromatic carbocycles. The molecule has 1 aliphatic heterocycles. The summed E-state index contributed by atoms with van der Waals surface area (Å²) in [6, 6.07) is 13.4. The molecule has 7 heteroatoms. The van der Waals surface area contributed by atoms with Crippen LogP contribution in [0, 0.1) is 6.92 Å². The number of hydrogen-bond donors (Lipinski definition) is 2. The highest BCUT2D eigenvalue weighted by atomic mass is 16.1. The van der Waals surface area contributed by atoms with Crippen molar-refractivity contribution in [1.29, 1.82) is 0 Å². The number of pyridine rings is 1. The topological polar surface area (TPSA) is 83.0 Å². The Hall–Kier alpha value is -3.22. The molecule has 1 amide bonds. The zero-order valence-electron chi connectivity index (χ0n) is 16.7. The number of benzene rings is 1. The molecule has 2 N–H and O–H groups in total. The van der Waals surface area contributed by atoms with Crippen molar-refractivity contribution in [3.05, 3.63) is 54.0 Å². The molecule has 0 atom stereocenters. The molecule has 0 aliphatic carbocycles. The Kier molecular flexibility index (Phi) is 5.84. The number of carbonyl (C=O) groups is 1. The number of amides is 1. The van der Waals surface area contributed by atoms with Gasteiger partial charge in [-0.1, -0.05) is 24.3 Å². The van der Waals surface area contributed by atoms with Crippen LogP contribution in [-0.4, -0.2) is 47.0 Å². The number of para-hydroxylation sites is 1. The third-order valence-electron chi connectivity index (χ3n) is 5.05. The van der Waals surface area contributed by atoms with Gasteiger partial charge in [0.05, 0.1) is 5.52 Å². The number of carbonyl (C=O) groups excluding carboxylic acids is 1. The number of fused-ring (bicyclic) bond motifs is 1. The Morgan fingerprint density at radius 2 is 1.83 bits per heavy atom. The molecule has 3 heterocycles. The zero-order valence-corrected chi connectivity index (χ0v) is 16.7. The van der Waals surface area contributed by atoms with Crippen molar-refractivity contribution < 1.29 is 4.79 Å². The second-order valence-corrected chi connectivity index (χ2v) is 7.28. The first kappa shape index (κ1) is 19.1. The summed E-state index contributed by atoms with van der Waals surface area (Å²) >= 11 is 0. The number of hydrogen-bond acceptors (Lipinski definition) is 6. The van der Waals surface area contributed by atoms with Gasteiger partial charge in [-0.25, -0.2) is 15.0 Å². The lowest BCUT2D eigenvalue weighted by Gasteiger charge is -2.28. The molecule has 1 fully saturated rings. The van der Waals surface area contributed by atoms with E-state index < -0.39 is 0 Å². The lowest BCUT2D eigenvalue weighted by molar-refractivity contribution is 0.0950. The van der Waals surface area contributed by atoms with Gasteiger partial charge in [0.25, 0.3) is 5.91 Å². The summed E-state index contributed by atoms with van der Waals surface area (Å²) in [6.45, 7) is 5.06. The Labute approximate surface area is 170 Å². The maximum Gasteiger partial charge on any atom is 0.269 e. The van der Waals surface area contributed by atoms with E-state index >= 15 is 0 Å². The van der Waals surface area contributed by atoms with Gasteiger partial charge in [0.15, 0.2) is 0 Å². The molecule has 0 radical (unpaired) electrons. The summed E-state index contributed by atoms with van der Waals surface area (Å²) in [4.78, 5) is 28.2. The minimum atomic E-state index is -0.176. The largest absolute Gasteiger partial charge is 0.368 e. The third kappa shape index (κ3) is 4.80. The molecular formula is C22H26N6O. The number of aromatic nitrogens is 3. The predicted octanol–water partition coefficient (Wildman–Crippen LogP) is 3.17. The second-order valence-electron chi connectivity index (χ2n) is 7.28. The van der Waals surface area contributed by atoms with E-state index in [0.717, 1.165) is 41.5 Å². The van der Waals surface area contributed by atoms with Crippen LogP contribution in [0.4, 0.5) is 11.6 Å². The summed E-state index contributed by atoms with van der Waals surface area (Å²) in [5.74, 6) is 2.34. The lowest BCUT2D eigenvalue weighted by Crippen LogP contribution is -2.31. The van der Waals surface area contributed by atoms with Crippen molar-refractivity contribution in [2.45, 2.75) is 26.2 Å². The highest BCUT2D eigenvalue weighted by Crippen LogP contribution is 2.20. The van der Waals surface area contributed by atoms with Gasteiger partial charge in [0.1, 0.15) is 23.2 Å². The number of aryl methyl sites for hydroxylation is 1. The number of nitrogens with one attached hydrogen (secondary N) is 2. The third-order valence-corrected chi connectivity index (χ3v) is 5.05. The van der Waals surface area contributed by atoms with Gasteiger partial charge in [-0.05, 0) is 38.3 Å². The maximum absolute atomic E-state index is 12.4. The summed E-state index contributed by atoms with van der Waals surface area (Å²) in [7, 11) is 0. The predicted molar refractivity (Wildman–Crippen MR) is 115 cm³/mol. The minimum Gasteiger partial charge on any atom is -0.368 e. The van der Waals surface area contributed by atoms with Gasteiger partial charge >= 0.3 is 0 Å². The van der Waals surface area contributed by atoms with E-state index in [4.69, 9.17) is 0 Å². The Balaban J connectivity index is 1.31. The molecule has 0 unspecified atom stereocenters. The van der Waals surface area contributed by atoms with E-state index in [1.165, 1.54) is 19.3 Å². The highest BCUT2D eigenvalue weighted by molar-refractivity contribution is 5.94. The standard InChI is InChI=1S/C22H26N6O/c1-16-25-20(15-21(26-16)28-13-5-2-6-14-28)23-11-12-24-22(29)19-10-9-17-7-3-4-8-18(17)27-19/h3-4,7-10,15H,2,5-6,11-14H2,1H3,(H,24,29)(H,23,25,26). The van der Waals surface area contributed by atoms with Crippen LogP contribution in [0.1, 0.15) is 35.6 Å². The van der Waals surface area contributed by atoms with Gasteiger partial charge in [-0.15, -0.1) is 0 Å². The van der Waals surface area contributed by atoms with E-state index in [2.05, 4.69) is 30.5 Å². The fourth-order valence-corrected chi connectivity index (χ4v) is 3.58. The van der Waals surface area contributed by atoms with Crippen LogP contribution in [0.25, 0.3) is 10.9 Å². The van der Waals surface area contributed by atoms with Crippen LogP contribution in [0.2, 0.25) is 0 Å². The minimum absolute atomic E-state index is 0.176. The Bertz CT molecular complexity index is 1000. The highest BCUT2D eigenvalue weighted by Gasteiger charge is 2.14. The van der Waals surface area contributed by atoms with E-state index in [1.54, 1.807) is 6.07 Å². The first-order valence-corrected chi connectivity index (χ1v) is 10.2. The average Bonchev–Trinajstić information content (AvgIpc) is 2.76. The monoisotopic (exact) mass is 390 g/mol. The number of anilines is 2. The first-order valence-electron chi connectivity index (χ1n) is 10.2. The summed E-state index contributed by atoms with van der Waals surface area (Å²) in [5, 5.41) is 7.22. The van der Waals surface area contributed by atoms with Crippen molar-refractivity contribution in [2.75, 3.05) is 36.4 Å². The molecule has 1 saturated heterocycles. The van der Waals surface area contributed by atoms with Crippen LogP contribution in [0.5, 0.6) is 0 Å². The SMILES string of the molecule is Cc1nc(NCCNC(=O)c2ccc3ccccc3n2)cc(N2CCCCC2)n1. The molecular weight excluding hydrogens is 364 g/mol. The molecule has 150 valence electrons. The van der Waals surface area contributed by atoms with Crippen molar-refractivity contribution in [2.24, 2.45) is 0 Å². The van der Waals surface area contributed by atoms with E-state index in [9.17, 15) is 4.79 Å². The fraction of sp³-hybridized carbons (Fsp3) is 0.364. The van der Waals surface area contributed by atoms with Gasteiger partial charge in [-0.2, -0.15) is 0 Å². The molecule has 2 aromatic heterocycles. The molecule has 3 aromatic rings. The average molecular weight is 390 g/mol. The van der Waals surface area contributed by atoms with Crippen molar-refractivity contribution in [1.82, 2.24) is 20.3 Å². The Morgan fingerprint density at radius 1 is 1.00 bits per heavy atom. The van der Waals surface area contributed by atoms with Crippen LogP contribution in [0.3, 0.4) is 0 Å². The Morgan fingerprint density at radius 3 is 2.69 bits per heavy atom. The van der Waals surface area contributed by atoms with Gasteiger partial charge in [0, 0.05) is 37.6 Å². The van der Waals surface area contributed by atoms with E-state index in [0.29, 0.717) is 18.8 Å². The van der Waals surface area contributed by atoms with Crippen molar-refractivity contribution >= 4 is 28.4 Å². The maximum atomic E-state index is 12.4. The molecule has 1 aliphatic rings. The van der Waals surface area contributed by atoms with Crippen LogP contribution < -0.4 is 15.5 Å². The van der Waals surface area contributed by atoms with Crippen LogP contribution >= 0.6 is 0 Å². The lowest BCUT2D eigenvalue weighted by atomic mass is 10.1. The van der Waals surface area contributed by atoms with Crippen LogP contribution in [-0.2, 0) is 0 Å². The number of piperidine rings is 1. The molecule has 0 spiro atoms. The normalized spacial score (nSPS) is 14.0. The van der Waals surface area contributed by atoms with Crippen molar-refractivity contribution in [3.63, 3.8) is 0 Å². The van der Waals surface area contributed by atoms with E-state index in [1.807, 2.05) is 43.3 Å². The quantitative estimate of drug-likeness (QED) is 0.629.